The molecule has 194 valence electrons. The van der Waals surface area contributed by atoms with Crippen LogP contribution in [0.4, 0.5) is 11.5 Å². The van der Waals surface area contributed by atoms with E-state index in [2.05, 4.69) is 70.4 Å². The van der Waals surface area contributed by atoms with E-state index in [-0.39, 0.29) is 0 Å². The monoisotopic (exact) mass is 498 g/mol. The number of nitrogens with one attached hydrogen (secondary N) is 1. The molecule has 0 radical (unpaired) electrons. The topological polar surface area (TPSA) is 56.8 Å². The van der Waals surface area contributed by atoms with E-state index in [1.54, 1.807) is 0 Å². The Morgan fingerprint density at radius 2 is 1.78 bits per heavy atom. The molecule has 0 aliphatic carbocycles. The molecule has 3 fully saturated rings. The van der Waals surface area contributed by atoms with Crippen LogP contribution in [0.5, 0.6) is 6.01 Å². The lowest BCUT2D eigenvalue weighted by atomic mass is 9.99. The second kappa shape index (κ2) is 9.44. The van der Waals surface area contributed by atoms with E-state index in [0.717, 1.165) is 50.7 Å². The molecule has 0 spiro atoms. The quantitative estimate of drug-likeness (QED) is 0.572. The van der Waals surface area contributed by atoms with Gasteiger partial charge in [-0.05, 0) is 69.6 Å². The van der Waals surface area contributed by atoms with Crippen molar-refractivity contribution in [1.29, 1.82) is 0 Å². The van der Waals surface area contributed by atoms with Gasteiger partial charge in [0.1, 0.15) is 12.4 Å². The van der Waals surface area contributed by atoms with Crippen LogP contribution in [0.15, 0.2) is 36.4 Å². The highest BCUT2D eigenvalue weighted by Crippen LogP contribution is 2.36. The summed E-state index contributed by atoms with van der Waals surface area (Å²) in [4.78, 5) is 17.6. The molecule has 7 heteroatoms. The fourth-order valence-electron chi connectivity index (χ4n) is 7.02. The number of aromatic nitrogens is 2. The van der Waals surface area contributed by atoms with Gasteiger partial charge in [-0.3, -0.25) is 0 Å². The van der Waals surface area contributed by atoms with Gasteiger partial charge in [-0.25, -0.2) is 0 Å². The van der Waals surface area contributed by atoms with Crippen LogP contribution in [-0.4, -0.2) is 72.8 Å². The van der Waals surface area contributed by atoms with E-state index in [4.69, 9.17) is 14.7 Å². The summed E-state index contributed by atoms with van der Waals surface area (Å²) >= 11 is 0. The van der Waals surface area contributed by atoms with Crippen molar-refractivity contribution in [2.45, 2.75) is 63.7 Å². The maximum Gasteiger partial charge on any atom is 0.318 e. The second-order valence-electron chi connectivity index (χ2n) is 11.5. The SMILES string of the molecule is Cc1cccc2cccc(N3CCc4c(nc(OCC5CCCN5C)nc4N4C[C@H]5CC[C@@H](C4)N5)C3)c12. The van der Waals surface area contributed by atoms with Crippen LogP contribution in [0.1, 0.15) is 42.5 Å². The number of aryl methyl sites for hydroxylation is 1. The number of rotatable bonds is 5. The zero-order chi connectivity index (χ0) is 24.9. The number of hydrogen-bond donors (Lipinski definition) is 1. The lowest BCUT2D eigenvalue weighted by Crippen LogP contribution is -2.52. The highest BCUT2D eigenvalue weighted by molar-refractivity contribution is 5.97. The van der Waals surface area contributed by atoms with Gasteiger partial charge in [0.25, 0.3) is 0 Å². The van der Waals surface area contributed by atoms with Gasteiger partial charge >= 0.3 is 6.01 Å². The number of anilines is 2. The van der Waals surface area contributed by atoms with Gasteiger partial charge in [0.05, 0.1) is 12.2 Å². The van der Waals surface area contributed by atoms with Gasteiger partial charge < -0.3 is 24.8 Å². The predicted octanol–water partition coefficient (Wildman–Crippen LogP) is 3.91. The maximum atomic E-state index is 6.33. The normalized spacial score (nSPS) is 25.6. The van der Waals surface area contributed by atoms with E-state index in [1.165, 1.54) is 53.3 Å². The molecule has 3 saturated heterocycles. The third-order valence-corrected chi connectivity index (χ3v) is 9.05. The van der Waals surface area contributed by atoms with Crippen LogP contribution in [0.25, 0.3) is 10.8 Å². The Balaban J connectivity index is 1.23. The van der Waals surface area contributed by atoms with Gasteiger partial charge in [-0.2, -0.15) is 9.97 Å². The number of fused-ring (bicyclic) bond motifs is 4. The average Bonchev–Trinajstić information content (AvgIpc) is 3.49. The average molecular weight is 499 g/mol. The first-order valence-corrected chi connectivity index (χ1v) is 14.1. The Bertz CT molecular complexity index is 1290. The minimum absolute atomic E-state index is 0.452. The number of nitrogens with zero attached hydrogens (tertiary/aromatic N) is 5. The molecule has 7 nitrogen and oxygen atoms in total. The molecule has 37 heavy (non-hydrogen) atoms. The number of likely N-dealkylation sites (tertiary alicyclic amines) is 1. The Morgan fingerprint density at radius 1 is 0.973 bits per heavy atom. The van der Waals surface area contributed by atoms with E-state index in [0.29, 0.717) is 30.7 Å². The lowest BCUT2D eigenvalue weighted by Gasteiger charge is -2.37. The van der Waals surface area contributed by atoms with Gasteiger partial charge in [0.15, 0.2) is 0 Å². The Kier molecular flexibility index (Phi) is 5.93. The molecule has 0 amide bonds. The van der Waals surface area contributed by atoms with Crippen LogP contribution in [0.2, 0.25) is 0 Å². The molecule has 1 unspecified atom stereocenters. The molecular weight excluding hydrogens is 460 g/mol. The zero-order valence-corrected chi connectivity index (χ0v) is 22.1. The van der Waals surface area contributed by atoms with Crippen molar-refractivity contribution in [2.75, 3.05) is 49.6 Å². The van der Waals surface area contributed by atoms with Crippen LogP contribution >= 0.6 is 0 Å². The number of piperazine rings is 1. The zero-order valence-electron chi connectivity index (χ0n) is 22.1. The predicted molar refractivity (Wildman–Crippen MR) is 149 cm³/mol. The summed E-state index contributed by atoms with van der Waals surface area (Å²) < 4.78 is 6.33. The standard InChI is InChI=1S/C30H38N6O/c1-20-6-3-7-21-8-4-10-27(28(20)21)35-15-13-25-26(18-35)32-30(37-19-24-9-5-14-34(24)2)33-29(25)36-16-22-11-12-23(17-36)31-22/h3-4,6-8,10,22-24,31H,5,9,11-19H2,1-2H3/t22-,23+,24?. The molecule has 3 aromatic rings. The molecule has 4 aliphatic rings. The maximum absolute atomic E-state index is 6.33. The summed E-state index contributed by atoms with van der Waals surface area (Å²) in [7, 11) is 2.20. The number of ether oxygens (including phenoxy) is 1. The Morgan fingerprint density at radius 3 is 2.57 bits per heavy atom. The molecule has 2 aromatic carbocycles. The van der Waals surface area contributed by atoms with E-state index >= 15 is 0 Å². The van der Waals surface area contributed by atoms with Crippen molar-refractivity contribution in [3.8, 4) is 6.01 Å². The van der Waals surface area contributed by atoms with Gasteiger partial charge in [-0.15, -0.1) is 0 Å². The van der Waals surface area contributed by atoms with E-state index in [9.17, 15) is 0 Å². The fourth-order valence-corrected chi connectivity index (χ4v) is 7.02. The highest BCUT2D eigenvalue weighted by atomic mass is 16.5. The van der Waals surface area contributed by atoms with Crippen LogP contribution in [-0.2, 0) is 13.0 Å². The van der Waals surface area contributed by atoms with Crippen molar-refractivity contribution < 1.29 is 4.74 Å². The van der Waals surface area contributed by atoms with Crippen molar-refractivity contribution in [1.82, 2.24) is 20.2 Å². The largest absolute Gasteiger partial charge is 0.462 e. The summed E-state index contributed by atoms with van der Waals surface area (Å²) in [5.74, 6) is 1.12. The lowest BCUT2D eigenvalue weighted by molar-refractivity contribution is 0.187. The molecule has 0 saturated carbocycles. The summed E-state index contributed by atoms with van der Waals surface area (Å²) in [6, 6.07) is 15.4. The van der Waals surface area contributed by atoms with Gasteiger partial charge in [0, 0.05) is 54.4 Å². The van der Waals surface area contributed by atoms with Crippen molar-refractivity contribution >= 4 is 22.3 Å². The van der Waals surface area contributed by atoms with E-state index in [1.807, 2.05) is 0 Å². The number of likely N-dealkylation sites (N-methyl/N-ethyl adjacent to an activating group) is 1. The van der Waals surface area contributed by atoms with Crippen molar-refractivity contribution in [3.63, 3.8) is 0 Å². The minimum atomic E-state index is 0.452. The van der Waals surface area contributed by atoms with E-state index < -0.39 is 0 Å². The molecule has 3 atom stereocenters. The molecule has 1 N–H and O–H groups in total. The first kappa shape index (κ1) is 23.2. The second-order valence-corrected chi connectivity index (χ2v) is 11.5. The van der Waals surface area contributed by atoms with Gasteiger partial charge in [0.2, 0.25) is 0 Å². The third-order valence-electron chi connectivity index (χ3n) is 9.05. The highest BCUT2D eigenvalue weighted by Gasteiger charge is 2.35. The third kappa shape index (κ3) is 4.32. The molecular formula is C30H38N6O. The van der Waals surface area contributed by atoms with Crippen LogP contribution in [0, 0.1) is 6.92 Å². The Hall–Kier alpha value is -2.90. The summed E-state index contributed by atoms with van der Waals surface area (Å²) in [5, 5.41) is 6.42. The molecule has 5 heterocycles. The first-order chi connectivity index (χ1) is 18.1. The molecule has 1 aromatic heterocycles. The smallest absolute Gasteiger partial charge is 0.318 e. The molecule has 4 aliphatic heterocycles. The first-order valence-electron chi connectivity index (χ1n) is 14.1. The minimum Gasteiger partial charge on any atom is -0.462 e. The van der Waals surface area contributed by atoms with Gasteiger partial charge in [-0.1, -0.05) is 30.3 Å². The number of benzene rings is 2. The summed E-state index contributed by atoms with van der Waals surface area (Å²) in [6.07, 6.45) is 5.91. The molecule has 7 rings (SSSR count). The number of hydrogen-bond acceptors (Lipinski definition) is 7. The Labute approximate surface area is 219 Å². The van der Waals surface area contributed by atoms with Crippen molar-refractivity contribution in [3.05, 3.63) is 53.2 Å². The van der Waals surface area contributed by atoms with Crippen molar-refractivity contribution in [2.24, 2.45) is 0 Å². The molecule has 2 bridgehead atoms. The fraction of sp³-hybridized carbons (Fsp3) is 0.533. The van der Waals surface area contributed by atoms with Crippen LogP contribution in [0.3, 0.4) is 0 Å². The summed E-state index contributed by atoms with van der Waals surface area (Å²) in [5.41, 5.74) is 5.07. The summed E-state index contributed by atoms with van der Waals surface area (Å²) in [6.45, 7) is 7.84. The van der Waals surface area contributed by atoms with Crippen LogP contribution < -0.4 is 19.9 Å².